The standard InChI is InChI=1S/C13H15F3O3/c1-17-10-7-6-9(5-4-8-13(14,15)16)11(18-2)12(10)19-3/h4-7H,8H2,1-3H3/b5-4+. The molecule has 1 aromatic carbocycles. The van der Waals surface area contributed by atoms with E-state index in [2.05, 4.69) is 0 Å². The van der Waals surface area contributed by atoms with Gasteiger partial charge >= 0.3 is 6.18 Å². The SMILES string of the molecule is COc1ccc(/C=C/CC(F)(F)F)c(OC)c1OC. The lowest BCUT2D eigenvalue weighted by Gasteiger charge is -2.14. The molecule has 0 aromatic heterocycles. The molecular weight excluding hydrogens is 261 g/mol. The highest BCUT2D eigenvalue weighted by Crippen LogP contribution is 2.40. The Morgan fingerprint density at radius 1 is 1.00 bits per heavy atom. The van der Waals surface area contributed by atoms with Gasteiger partial charge in [0.2, 0.25) is 5.75 Å². The molecule has 6 heteroatoms. The molecule has 0 fully saturated rings. The van der Waals surface area contributed by atoms with Gasteiger partial charge in [0.15, 0.2) is 11.5 Å². The molecule has 106 valence electrons. The number of hydrogen-bond donors (Lipinski definition) is 0. The Morgan fingerprint density at radius 2 is 1.63 bits per heavy atom. The van der Waals surface area contributed by atoms with E-state index < -0.39 is 12.6 Å². The van der Waals surface area contributed by atoms with Crippen LogP contribution in [0.15, 0.2) is 18.2 Å². The summed E-state index contributed by atoms with van der Waals surface area (Å²) in [5.41, 5.74) is 0.490. The average Bonchev–Trinajstić information content (AvgIpc) is 2.36. The molecule has 1 aromatic rings. The number of halogens is 3. The van der Waals surface area contributed by atoms with Crippen molar-refractivity contribution >= 4 is 6.08 Å². The summed E-state index contributed by atoms with van der Waals surface area (Å²) in [6.45, 7) is 0. The Morgan fingerprint density at radius 3 is 2.11 bits per heavy atom. The molecule has 0 saturated carbocycles. The van der Waals surface area contributed by atoms with Crippen LogP contribution in [-0.2, 0) is 0 Å². The van der Waals surface area contributed by atoms with Gasteiger partial charge in [-0.15, -0.1) is 0 Å². The number of methoxy groups -OCH3 is 3. The lowest BCUT2D eigenvalue weighted by molar-refractivity contribution is -0.124. The third-order valence-corrected chi connectivity index (χ3v) is 2.38. The highest BCUT2D eigenvalue weighted by Gasteiger charge is 2.24. The number of alkyl halides is 3. The predicted molar refractivity (Wildman–Crippen MR) is 65.8 cm³/mol. The Balaban J connectivity index is 3.08. The monoisotopic (exact) mass is 276 g/mol. The van der Waals surface area contributed by atoms with Crippen LogP contribution < -0.4 is 14.2 Å². The molecular formula is C13H15F3O3. The average molecular weight is 276 g/mol. The third-order valence-electron chi connectivity index (χ3n) is 2.38. The number of allylic oxidation sites excluding steroid dienone is 1. The van der Waals surface area contributed by atoms with Crippen LogP contribution in [0.1, 0.15) is 12.0 Å². The van der Waals surface area contributed by atoms with E-state index in [-0.39, 0.29) is 0 Å². The van der Waals surface area contributed by atoms with E-state index in [1.807, 2.05) is 0 Å². The van der Waals surface area contributed by atoms with Crippen LogP contribution in [0, 0.1) is 0 Å². The van der Waals surface area contributed by atoms with Gasteiger partial charge in [0.25, 0.3) is 0 Å². The summed E-state index contributed by atoms with van der Waals surface area (Å²) in [5, 5.41) is 0. The molecule has 3 nitrogen and oxygen atoms in total. The Bertz CT molecular complexity index is 453. The lowest BCUT2D eigenvalue weighted by atomic mass is 10.1. The molecule has 0 N–H and O–H groups in total. The second kappa shape index (κ2) is 6.36. The molecule has 0 aliphatic rings. The van der Waals surface area contributed by atoms with E-state index in [1.165, 1.54) is 27.4 Å². The van der Waals surface area contributed by atoms with Gasteiger partial charge in [-0.3, -0.25) is 0 Å². The molecule has 0 aliphatic carbocycles. The molecule has 1 rings (SSSR count). The van der Waals surface area contributed by atoms with Crippen LogP contribution in [0.25, 0.3) is 6.08 Å². The second-order valence-electron chi connectivity index (χ2n) is 3.65. The van der Waals surface area contributed by atoms with Gasteiger partial charge in [0, 0.05) is 5.56 Å². The molecule has 0 atom stereocenters. The van der Waals surface area contributed by atoms with E-state index in [1.54, 1.807) is 12.1 Å². The zero-order valence-corrected chi connectivity index (χ0v) is 10.9. The van der Waals surface area contributed by atoms with Crippen molar-refractivity contribution in [3.05, 3.63) is 23.8 Å². The van der Waals surface area contributed by atoms with Crippen LogP contribution in [-0.4, -0.2) is 27.5 Å². The summed E-state index contributed by atoms with van der Waals surface area (Å²) in [6.07, 6.45) is -2.84. The predicted octanol–water partition coefficient (Wildman–Crippen LogP) is 3.68. The molecule has 0 saturated heterocycles. The van der Waals surface area contributed by atoms with Crippen molar-refractivity contribution in [1.82, 2.24) is 0 Å². The van der Waals surface area contributed by atoms with Crippen molar-refractivity contribution in [2.75, 3.05) is 21.3 Å². The first-order valence-electron chi connectivity index (χ1n) is 5.45. The molecule has 0 heterocycles. The van der Waals surface area contributed by atoms with Gasteiger partial charge in [-0.25, -0.2) is 0 Å². The summed E-state index contributed by atoms with van der Waals surface area (Å²) in [7, 11) is 4.32. The minimum Gasteiger partial charge on any atom is -0.493 e. The second-order valence-corrected chi connectivity index (χ2v) is 3.65. The van der Waals surface area contributed by atoms with E-state index in [0.29, 0.717) is 22.8 Å². The van der Waals surface area contributed by atoms with Gasteiger partial charge < -0.3 is 14.2 Å². The van der Waals surface area contributed by atoms with Crippen LogP contribution in [0.5, 0.6) is 17.2 Å². The molecule has 0 bridgehead atoms. The van der Waals surface area contributed by atoms with Crippen molar-refractivity contribution in [1.29, 1.82) is 0 Å². The topological polar surface area (TPSA) is 27.7 Å². The Kier molecular flexibility index (Phi) is 5.09. The first-order valence-corrected chi connectivity index (χ1v) is 5.45. The number of ether oxygens (including phenoxy) is 3. The van der Waals surface area contributed by atoms with Crippen molar-refractivity contribution < 1.29 is 27.4 Å². The fourth-order valence-corrected chi connectivity index (χ4v) is 1.58. The summed E-state index contributed by atoms with van der Waals surface area (Å²) < 4.78 is 51.6. The van der Waals surface area contributed by atoms with Crippen molar-refractivity contribution in [3.63, 3.8) is 0 Å². The van der Waals surface area contributed by atoms with Gasteiger partial charge in [0.05, 0.1) is 27.8 Å². The quantitative estimate of drug-likeness (QED) is 0.821. The van der Waals surface area contributed by atoms with Crippen molar-refractivity contribution in [2.24, 2.45) is 0 Å². The maximum Gasteiger partial charge on any atom is 0.392 e. The summed E-state index contributed by atoms with van der Waals surface area (Å²) >= 11 is 0. The first-order chi connectivity index (χ1) is 8.92. The van der Waals surface area contributed by atoms with Crippen LogP contribution in [0.4, 0.5) is 13.2 Å². The maximum atomic E-state index is 12.1. The van der Waals surface area contributed by atoms with E-state index in [4.69, 9.17) is 14.2 Å². The van der Waals surface area contributed by atoms with Crippen LogP contribution in [0.3, 0.4) is 0 Å². The third kappa shape index (κ3) is 4.08. The highest BCUT2D eigenvalue weighted by molar-refractivity contribution is 5.66. The van der Waals surface area contributed by atoms with E-state index in [0.717, 1.165) is 6.08 Å². The number of rotatable bonds is 5. The molecule has 0 aliphatic heterocycles. The van der Waals surface area contributed by atoms with Gasteiger partial charge in [-0.05, 0) is 12.1 Å². The van der Waals surface area contributed by atoms with Crippen molar-refractivity contribution in [2.45, 2.75) is 12.6 Å². The normalized spacial score (nSPS) is 11.7. The number of hydrogen-bond acceptors (Lipinski definition) is 3. The lowest BCUT2D eigenvalue weighted by Crippen LogP contribution is -2.04. The summed E-state index contributed by atoms with van der Waals surface area (Å²) in [6, 6.07) is 3.21. The van der Waals surface area contributed by atoms with Crippen molar-refractivity contribution in [3.8, 4) is 17.2 Å². The fraction of sp³-hybridized carbons (Fsp3) is 0.385. The van der Waals surface area contributed by atoms with E-state index in [9.17, 15) is 13.2 Å². The largest absolute Gasteiger partial charge is 0.493 e. The zero-order valence-electron chi connectivity index (χ0n) is 10.9. The van der Waals surface area contributed by atoms with E-state index >= 15 is 0 Å². The molecule has 0 unspecified atom stereocenters. The first kappa shape index (κ1) is 15.2. The van der Waals surface area contributed by atoms with Gasteiger partial charge in [-0.1, -0.05) is 12.2 Å². The van der Waals surface area contributed by atoms with Gasteiger partial charge in [0.1, 0.15) is 0 Å². The fourth-order valence-electron chi connectivity index (χ4n) is 1.58. The molecule has 0 spiro atoms. The van der Waals surface area contributed by atoms with Crippen LogP contribution >= 0.6 is 0 Å². The molecule has 0 radical (unpaired) electrons. The number of benzene rings is 1. The summed E-state index contributed by atoms with van der Waals surface area (Å²) in [5.74, 6) is 1.13. The maximum absolute atomic E-state index is 12.1. The zero-order chi connectivity index (χ0) is 14.5. The van der Waals surface area contributed by atoms with Gasteiger partial charge in [-0.2, -0.15) is 13.2 Å². The molecule has 19 heavy (non-hydrogen) atoms. The highest BCUT2D eigenvalue weighted by atomic mass is 19.4. The minimum absolute atomic E-state index is 0.334. The smallest absolute Gasteiger partial charge is 0.392 e. The van der Waals surface area contributed by atoms with Crippen LogP contribution in [0.2, 0.25) is 0 Å². The summed E-state index contributed by atoms with van der Waals surface area (Å²) in [4.78, 5) is 0. The molecule has 0 amide bonds. The Hall–Kier alpha value is -1.85. The Labute approximate surface area is 109 Å². The minimum atomic E-state index is -4.22.